The molecule has 2 heterocycles. The Hall–Kier alpha value is -4.57. The molecule has 0 unspecified atom stereocenters. The first-order valence-corrected chi connectivity index (χ1v) is 13.5. The van der Waals surface area contributed by atoms with Crippen LogP contribution in [0.5, 0.6) is 11.5 Å². The number of carbonyl (C=O) groups is 4. The molecule has 2 aliphatic heterocycles. The number of methoxy groups -OCH3 is 1. The number of fused-ring (bicyclic) bond motifs is 1. The van der Waals surface area contributed by atoms with E-state index in [1.807, 2.05) is 36.4 Å². The van der Waals surface area contributed by atoms with Gasteiger partial charge in [-0.05, 0) is 65.2 Å². The van der Waals surface area contributed by atoms with E-state index in [2.05, 4.69) is 11.4 Å². The Labute approximate surface area is 235 Å². The topological polar surface area (TPSA) is 105 Å². The normalized spacial score (nSPS) is 15.7. The van der Waals surface area contributed by atoms with Gasteiger partial charge >= 0.3 is 0 Å². The second-order valence-corrected chi connectivity index (χ2v) is 10.2. The van der Waals surface area contributed by atoms with Crippen LogP contribution in [0, 0.1) is 0 Å². The summed E-state index contributed by atoms with van der Waals surface area (Å²) in [6.07, 6.45) is 2.31. The highest BCUT2D eigenvalue weighted by molar-refractivity contribution is 8.18. The van der Waals surface area contributed by atoms with E-state index in [0.717, 1.165) is 28.6 Å². The molecule has 5 rings (SSSR count). The number of rotatable bonds is 8. The van der Waals surface area contributed by atoms with Crippen LogP contribution >= 0.6 is 11.8 Å². The minimum atomic E-state index is -0.516. The van der Waals surface area contributed by atoms with E-state index in [1.54, 1.807) is 41.3 Å². The molecule has 0 radical (unpaired) electrons. The maximum atomic E-state index is 13.0. The molecule has 1 fully saturated rings. The number of hydrogen-bond acceptors (Lipinski definition) is 7. The molecular formula is C30H27N3O6S. The molecule has 4 amide bonds. The van der Waals surface area contributed by atoms with Crippen LogP contribution in [0.2, 0.25) is 0 Å². The molecule has 10 heteroatoms. The number of hydrogen-bond donors (Lipinski definition) is 1. The zero-order chi connectivity index (χ0) is 28.1. The average molecular weight is 558 g/mol. The van der Waals surface area contributed by atoms with E-state index < -0.39 is 11.1 Å². The summed E-state index contributed by atoms with van der Waals surface area (Å²) in [5.41, 5.74) is 3.55. The average Bonchev–Trinajstić information content (AvgIpc) is 3.23. The third kappa shape index (κ3) is 6.18. The van der Waals surface area contributed by atoms with Gasteiger partial charge in [-0.2, -0.15) is 0 Å². The van der Waals surface area contributed by atoms with E-state index >= 15 is 0 Å². The van der Waals surface area contributed by atoms with Gasteiger partial charge in [0.2, 0.25) is 5.91 Å². The van der Waals surface area contributed by atoms with Crippen molar-refractivity contribution in [1.29, 1.82) is 0 Å². The highest BCUT2D eigenvalue weighted by Crippen LogP contribution is 2.35. The minimum Gasteiger partial charge on any atom is -0.493 e. The first-order chi connectivity index (χ1) is 19.4. The summed E-state index contributed by atoms with van der Waals surface area (Å²) >= 11 is 0.789. The van der Waals surface area contributed by atoms with Crippen LogP contribution in [-0.4, -0.2) is 59.6 Å². The lowest BCUT2D eigenvalue weighted by atomic mass is 10.00. The second-order valence-electron chi connectivity index (χ2n) is 9.22. The number of nitrogens with zero attached hydrogens (tertiary/aromatic N) is 2. The van der Waals surface area contributed by atoms with E-state index in [0.29, 0.717) is 35.8 Å². The van der Waals surface area contributed by atoms with Crippen molar-refractivity contribution in [2.75, 3.05) is 32.1 Å². The summed E-state index contributed by atoms with van der Waals surface area (Å²) in [6.45, 7) is 0.485. The summed E-state index contributed by atoms with van der Waals surface area (Å²) in [7, 11) is 1.47. The van der Waals surface area contributed by atoms with Crippen LogP contribution < -0.4 is 14.8 Å². The highest BCUT2D eigenvalue weighted by atomic mass is 32.2. The van der Waals surface area contributed by atoms with Crippen molar-refractivity contribution in [1.82, 2.24) is 9.80 Å². The van der Waals surface area contributed by atoms with Crippen LogP contribution in [0.15, 0.2) is 77.7 Å². The lowest BCUT2D eigenvalue weighted by molar-refractivity contribution is -0.136. The third-order valence-corrected chi connectivity index (χ3v) is 7.46. The summed E-state index contributed by atoms with van der Waals surface area (Å²) in [5, 5.41) is 2.26. The molecular weight excluding hydrogens is 530 g/mol. The first kappa shape index (κ1) is 27.0. The number of ether oxygens (including phenoxy) is 2. The van der Waals surface area contributed by atoms with Crippen LogP contribution in [0.4, 0.5) is 10.5 Å². The molecule has 40 heavy (non-hydrogen) atoms. The predicted molar refractivity (Wildman–Crippen MR) is 152 cm³/mol. The van der Waals surface area contributed by atoms with Gasteiger partial charge in [-0.1, -0.05) is 48.5 Å². The molecule has 0 saturated carbocycles. The molecule has 0 aromatic heterocycles. The fourth-order valence-electron chi connectivity index (χ4n) is 4.49. The van der Waals surface area contributed by atoms with Crippen molar-refractivity contribution in [3.05, 3.63) is 94.4 Å². The smallest absolute Gasteiger partial charge is 0.294 e. The van der Waals surface area contributed by atoms with Gasteiger partial charge in [-0.15, -0.1) is 0 Å². The van der Waals surface area contributed by atoms with E-state index in [9.17, 15) is 19.2 Å². The van der Waals surface area contributed by atoms with Crippen molar-refractivity contribution in [3.8, 4) is 11.5 Å². The van der Waals surface area contributed by atoms with Crippen molar-refractivity contribution in [3.63, 3.8) is 0 Å². The number of anilines is 1. The van der Waals surface area contributed by atoms with Crippen molar-refractivity contribution < 1.29 is 28.7 Å². The largest absolute Gasteiger partial charge is 0.493 e. The Kier molecular flexibility index (Phi) is 8.16. The van der Waals surface area contributed by atoms with Gasteiger partial charge in [-0.25, -0.2) is 0 Å². The molecule has 1 N–H and O–H groups in total. The monoisotopic (exact) mass is 557 g/mol. The second kappa shape index (κ2) is 12.1. The molecule has 9 nitrogen and oxygen atoms in total. The summed E-state index contributed by atoms with van der Waals surface area (Å²) in [5.74, 6) is -0.393. The Morgan fingerprint density at radius 3 is 2.50 bits per heavy atom. The number of amides is 4. The quantitative estimate of drug-likeness (QED) is 0.411. The molecule has 204 valence electrons. The highest BCUT2D eigenvalue weighted by Gasteiger charge is 2.37. The lowest BCUT2D eigenvalue weighted by Crippen LogP contribution is -2.44. The van der Waals surface area contributed by atoms with E-state index in [4.69, 9.17) is 9.47 Å². The van der Waals surface area contributed by atoms with Crippen LogP contribution in [0.3, 0.4) is 0 Å². The SMILES string of the molecule is COc1cc(/C=C2\SC(=O)N(CC(=O)N3CCc4ccccc4C3)C2=O)ccc1OCC(=O)Nc1ccccc1. The number of thioether (sulfide) groups is 1. The molecule has 3 aromatic carbocycles. The number of carbonyl (C=O) groups excluding carboxylic acids is 4. The van der Waals surface area contributed by atoms with Crippen LogP contribution in [0.1, 0.15) is 16.7 Å². The first-order valence-electron chi connectivity index (χ1n) is 12.7. The molecule has 1 saturated heterocycles. The van der Waals surface area contributed by atoms with Gasteiger partial charge in [0.1, 0.15) is 6.54 Å². The van der Waals surface area contributed by atoms with Gasteiger partial charge in [-0.3, -0.25) is 24.1 Å². The van der Waals surface area contributed by atoms with Crippen LogP contribution in [0.25, 0.3) is 6.08 Å². The number of para-hydroxylation sites is 1. The van der Waals surface area contributed by atoms with Gasteiger partial charge in [0.05, 0.1) is 12.0 Å². The number of imide groups is 1. The summed E-state index contributed by atoms with van der Waals surface area (Å²) in [4.78, 5) is 53.7. The maximum Gasteiger partial charge on any atom is 0.294 e. The zero-order valence-electron chi connectivity index (χ0n) is 21.8. The Morgan fingerprint density at radius 1 is 0.975 bits per heavy atom. The third-order valence-electron chi connectivity index (χ3n) is 6.55. The van der Waals surface area contributed by atoms with Crippen LogP contribution in [-0.2, 0) is 27.3 Å². The molecule has 2 aliphatic rings. The summed E-state index contributed by atoms with van der Waals surface area (Å²) < 4.78 is 11.0. The van der Waals surface area contributed by atoms with E-state index in [1.165, 1.54) is 12.7 Å². The summed E-state index contributed by atoms with van der Waals surface area (Å²) in [6, 6.07) is 22.0. The van der Waals surface area contributed by atoms with E-state index in [-0.39, 0.29) is 29.9 Å². The number of nitrogens with one attached hydrogen (secondary N) is 1. The molecule has 0 bridgehead atoms. The molecule has 0 spiro atoms. The maximum absolute atomic E-state index is 13.0. The fourth-order valence-corrected chi connectivity index (χ4v) is 5.32. The lowest BCUT2D eigenvalue weighted by Gasteiger charge is -2.29. The molecule has 0 aliphatic carbocycles. The standard InChI is InChI=1S/C30H27N3O6S/c1-38-25-15-20(11-12-24(25)39-19-27(34)31-23-9-3-2-4-10-23)16-26-29(36)33(30(37)40-26)18-28(35)32-14-13-21-7-5-6-8-22(21)17-32/h2-12,15-16H,13-14,17-19H2,1H3,(H,31,34)/b26-16-. The number of benzene rings is 3. The molecule has 3 aromatic rings. The van der Waals surface area contributed by atoms with Gasteiger partial charge in [0, 0.05) is 18.8 Å². The minimum absolute atomic E-state index is 0.208. The Morgan fingerprint density at radius 2 is 1.73 bits per heavy atom. The predicted octanol–water partition coefficient (Wildman–Crippen LogP) is 4.33. The van der Waals surface area contributed by atoms with Gasteiger partial charge < -0.3 is 19.7 Å². The van der Waals surface area contributed by atoms with Crippen molar-refractivity contribution >= 4 is 46.5 Å². The van der Waals surface area contributed by atoms with Gasteiger partial charge in [0.15, 0.2) is 18.1 Å². The van der Waals surface area contributed by atoms with Gasteiger partial charge in [0.25, 0.3) is 17.1 Å². The zero-order valence-corrected chi connectivity index (χ0v) is 22.6. The molecule has 0 atom stereocenters. The Balaban J connectivity index is 1.21. The van der Waals surface area contributed by atoms with Crippen molar-refractivity contribution in [2.24, 2.45) is 0 Å². The fraction of sp³-hybridized carbons (Fsp3) is 0.200. The Bertz CT molecular complexity index is 1490. The van der Waals surface area contributed by atoms with Crippen molar-refractivity contribution in [2.45, 2.75) is 13.0 Å².